The molecule has 0 aliphatic heterocycles. The van der Waals surface area contributed by atoms with Gasteiger partial charge in [-0.3, -0.25) is 10.2 Å². The van der Waals surface area contributed by atoms with Crippen LogP contribution in [0.25, 0.3) is 11.3 Å². The first-order valence-electron chi connectivity index (χ1n) is 9.70. The Balaban J connectivity index is 1.59. The number of hydrogen-bond acceptors (Lipinski definition) is 8. The molecule has 2 aromatic heterocycles. The summed E-state index contributed by atoms with van der Waals surface area (Å²) in [5.41, 5.74) is 5.04. The van der Waals surface area contributed by atoms with Crippen LogP contribution in [0.5, 0.6) is 11.5 Å². The van der Waals surface area contributed by atoms with Crippen molar-refractivity contribution in [3.8, 4) is 22.8 Å². The second-order valence-corrected chi connectivity index (χ2v) is 8.05. The number of hydrogen-bond donors (Lipinski definition) is 2. The zero-order valence-electron chi connectivity index (χ0n) is 17.7. The number of hydrazone groups is 1. The third-order valence-electron chi connectivity index (χ3n) is 4.52. The van der Waals surface area contributed by atoms with Crippen LogP contribution < -0.4 is 20.2 Å². The number of halogens is 1. The van der Waals surface area contributed by atoms with Crippen molar-refractivity contribution in [1.82, 2.24) is 4.98 Å². The van der Waals surface area contributed by atoms with Gasteiger partial charge in [0.05, 0.1) is 26.7 Å². The van der Waals surface area contributed by atoms with Crippen molar-refractivity contribution in [3.63, 3.8) is 0 Å². The molecule has 1 amide bonds. The number of furan rings is 1. The Labute approximate surface area is 198 Å². The van der Waals surface area contributed by atoms with Crippen molar-refractivity contribution in [2.75, 3.05) is 25.0 Å². The maximum absolute atomic E-state index is 12.5. The summed E-state index contributed by atoms with van der Waals surface area (Å²) < 4.78 is 15.8. The Bertz CT molecular complexity index is 1270. The quantitative estimate of drug-likeness (QED) is 0.244. The van der Waals surface area contributed by atoms with Gasteiger partial charge in [0.1, 0.15) is 22.2 Å². The fourth-order valence-corrected chi connectivity index (χ4v) is 3.87. The molecule has 0 atom stereocenters. The Hall–Kier alpha value is -3.82. The van der Waals surface area contributed by atoms with E-state index in [2.05, 4.69) is 20.8 Å². The number of nitrogens with zero attached hydrogens (tertiary/aromatic N) is 2. The molecule has 0 bridgehead atoms. The normalized spacial score (nSPS) is 10.9. The average molecular weight is 483 g/mol. The molecular formula is C23H19ClN4O4S. The van der Waals surface area contributed by atoms with Gasteiger partial charge in [-0.25, -0.2) is 4.98 Å². The summed E-state index contributed by atoms with van der Waals surface area (Å²) in [5.74, 6) is 1.12. The highest BCUT2D eigenvalue weighted by molar-refractivity contribution is 7.20. The number of anilines is 2. The molecule has 2 aromatic carbocycles. The number of rotatable bonds is 8. The van der Waals surface area contributed by atoms with Gasteiger partial charge in [0.15, 0.2) is 5.76 Å². The van der Waals surface area contributed by atoms with Gasteiger partial charge in [-0.05, 0) is 36.4 Å². The van der Waals surface area contributed by atoms with Gasteiger partial charge in [-0.15, -0.1) is 0 Å². The molecule has 0 saturated heterocycles. The van der Waals surface area contributed by atoms with Crippen LogP contribution in [0.1, 0.15) is 16.1 Å². The van der Waals surface area contributed by atoms with Crippen molar-refractivity contribution < 1.29 is 18.7 Å². The zero-order valence-corrected chi connectivity index (χ0v) is 19.2. The number of amides is 1. The topological polar surface area (TPSA) is 98.0 Å². The van der Waals surface area contributed by atoms with Gasteiger partial charge in [0.25, 0.3) is 5.91 Å². The summed E-state index contributed by atoms with van der Waals surface area (Å²) in [6.07, 6.45) is 3.06. The predicted octanol–water partition coefficient (Wildman–Crippen LogP) is 5.77. The molecule has 168 valence electrons. The number of thiazole rings is 1. The number of aromatic nitrogens is 1. The minimum atomic E-state index is -0.378. The molecule has 8 nitrogen and oxygen atoms in total. The lowest BCUT2D eigenvalue weighted by Gasteiger charge is -2.06. The van der Waals surface area contributed by atoms with E-state index in [4.69, 9.17) is 25.5 Å². The number of nitrogens with one attached hydrogen (secondary N) is 2. The fourth-order valence-electron chi connectivity index (χ4n) is 2.91. The van der Waals surface area contributed by atoms with E-state index >= 15 is 0 Å². The highest BCUT2D eigenvalue weighted by Crippen LogP contribution is 2.36. The number of benzene rings is 2. The first-order chi connectivity index (χ1) is 16.1. The maximum Gasteiger partial charge on any atom is 0.292 e. The van der Waals surface area contributed by atoms with Gasteiger partial charge in [-0.1, -0.05) is 35.1 Å². The molecule has 33 heavy (non-hydrogen) atoms. The van der Waals surface area contributed by atoms with Crippen LogP contribution >= 0.6 is 22.9 Å². The molecule has 0 aliphatic carbocycles. The second-order valence-electron chi connectivity index (χ2n) is 6.61. The van der Waals surface area contributed by atoms with Gasteiger partial charge in [0, 0.05) is 22.2 Å². The van der Waals surface area contributed by atoms with Gasteiger partial charge in [-0.2, -0.15) is 5.10 Å². The SMILES string of the molecule is COc1ccc(/C=N/Nc2nc(-c3ccc(Cl)cc3)c(NC(=O)c3ccco3)s2)c(OC)c1. The number of methoxy groups -OCH3 is 2. The van der Waals surface area contributed by atoms with E-state index in [0.29, 0.717) is 32.3 Å². The third kappa shape index (κ3) is 5.33. The second kappa shape index (κ2) is 10.2. The van der Waals surface area contributed by atoms with Gasteiger partial charge >= 0.3 is 0 Å². The molecular weight excluding hydrogens is 464 g/mol. The standard InChI is InChI=1S/C23H19ClN4O4S/c1-30-17-10-7-15(19(12-17)31-2)13-25-28-23-26-20(14-5-8-16(24)9-6-14)22(33-23)27-21(29)18-4-3-11-32-18/h3-13H,1-2H3,(H,26,28)(H,27,29)/b25-13+. The summed E-state index contributed by atoms with van der Waals surface area (Å²) >= 11 is 7.26. The molecule has 0 unspecified atom stereocenters. The number of ether oxygens (including phenoxy) is 2. The summed E-state index contributed by atoms with van der Waals surface area (Å²) in [6.45, 7) is 0. The smallest absolute Gasteiger partial charge is 0.292 e. The monoisotopic (exact) mass is 482 g/mol. The molecule has 4 aromatic rings. The summed E-state index contributed by atoms with van der Waals surface area (Å²) in [4.78, 5) is 17.1. The minimum Gasteiger partial charge on any atom is -0.497 e. The molecule has 0 saturated carbocycles. The van der Waals surface area contributed by atoms with Crippen molar-refractivity contribution >= 4 is 45.2 Å². The van der Waals surface area contributed by atoms with E-state index in [9.17, 15) is 4.79 Å². The molecule has 0 aliphatic rings. The van der Waals surface area contributed by atoms with Crippen LogP contribution in [0.3, 0.4) is 0 Å². The average Bonchev–Trinajstić information content (AvgIpc) is 3.50. The van der Waals surface area contributed by atoms with Crippen LogP contribution in [-0.4, -0.2) is 31.3 Å². The highest BCUT2D eigenvalue weighted by atomic mass is 35.5. The van der Waals surface area contributed by atoms with E-state index in [0.717, 1.165) is 11.1 Å². The number of carbonyl (C=O) groups excluding carboxylic acids is 1. The molecule has 0 fully saturated rings. The van der Waals surface area contributed by atoms with Crippen LogP contribution in [0.2, 0.25) is 5.02 Å². The van der Waals surface area contributed by atoms with Crippen LogP contribution in [-0.2, 0) is 0 Å². The Morgan fingerprint density at radius 3 is 2.67 bits per heavy atom. The van der Waals surface area contributed by atoms with E-state index in [-0.39, 0.29) is 11.7 Å². The van der Waals surface area contributed by atoms with Crippen molar-refractivity contribution in [2.24, 2.45) is 5.10 Å². The third-order valence-corrected chi connectivity index (χ3v) is 5.65. The maximum atomic E-state index is 12.5. The first kappa shape index (κ1) is 22.4. The van der Waals surface area contributed by atoms with Crippen LogP contribution in [0.15, 0.2) is 70.4 Å². The molecule has 0 radical (unpaired) electrons. The Kier molecular flexibility index (Phi) is 6.92. The van der Waals surface area contributed by atoms with E-state index < -0.39 is 0 Å². The lowest BCUT2D eigenvalue weighted by molar-refractivity contribution is 0.0997. The van der Waals surface area contributed by atoms with E-state index in [1.807, 2.05) is 24.3 Å². The lowest BCUT2D eigenvalue weighted by Crippen LogP contribution is -2.10. The fraction of sp³-hybridized carbons (Fsp3) is 0.0870. The van der Waals surface area contributed by atoms with Gasteiger partial charge < -0.3 is 19.2 Å². The first-order valence-corrected chi connectivity index (χ1v) is 10.9. The molecule has 4 rings (SSSR count). The minimum absolute atomic E-state index is 0.199. The molecule has 2 N–H and O–H groups in total. The zero-order chi connectivity index (χ0) is 23.2. The predicted molar refractivity (Wildman–Crippen MR) is 130 cm³/mol. The Morgan fingerprint density at radius 2 is 1.97 bits per heavy atom. The highest BCUT2D eigenvalue weighted by Gasteiger charge is 2.18. The molecule has 2 heterocycles. The van der Waals surface area contributed by atoms with Crippen LogP contribution in [0, 0.1) is 0 Å². The molecule has 0 spiro atoms. The largest absolute Gasteiger partial charge is 0.497 e. The van der Waals surface area contributed by atoms with Crippen molar-refractivity contribution in [3.05, 3.63) is 77.2 Å². The summed E-state index contributed by atoms with van der Waals surface area (Å²) in [7, 11) is 3.17. The van der Waals surface area contributed by atoms with E-state index in [1.165, 1.54) is 17.6 Å². The Morgan fingerprint density at radius 1 is 1.15 bits per heavy atom. The van der Waals surface area contributed by atoms with E-state index in [1.54, 1.807) is 50.8 Å². The van der Waals surface area contributed by atoms with Crippen molar-refractivity contribution in [2.45, 2.75) is 0 Å². The van der Waals surface area contributed by atoms with Crippen molar-refractivity contribution in [1.29, 1.82) is 0 Å². The molecule has 10 heteroatoms. The number of carbonyl (C=O) groups is 1. The summed E-state index contributed by atoms with van der Waals surface area (Å²) in [5, 5.41) is 8.75. The lowest BCUT2D eigenvalue weighted by atomic mass is 10.1. The summed E-state index contributed by atoms with van der Waals surface area (Å²) in [6, 6.07) is 15.8. The van der Waals surface area contributed by atoms with Crippen LogP contribution in [0.4, 0.5) is 10.1 Å². The van der Waals surface area contributed by atoms with Gasteiger partial charge in [0.2, 0.25) is 5.13 Å².